The maximum atomic E-state index is 13.1. The van der Waals surface area contributed by atoms with Crippen molar-refractivity contribution >= 4 is 32.5 Å². The minimum atomic E-state index is -4.44. The summed E-state index contributed by atoms with van der Waals surface area (Å²) in [5.74, 6) is 0. The van der Waals surface area contributed by atoms with Gasteiger partial charge in [-0.15, -0.1) is 0 Å². The van der Waals surface area contributed by atoms with Gasteiger partial charge in [0, 0.05) is 35.2 Å². The van der Waals surface area contributed by atoms with Crippen molar-refractivity contribution < 1.29 is 13.2 Å². The first-order chi connectivity index (χ1) is 10.4. The van der Waals surface area contributed by atoms with Gasteiger partial charge in [0.25, 0.3) is 0 Å². The number of aromatic nitrogens is 1. The van der Waals surface area contributed by atoms with Crippen LogP contribution in [0.1, 0.15) is 12.1 Å². The monoisotopic (exact) mass is 373 g/mol. The lowest BCUT2D eigenvalue weighted by Crippen LogP contribution is -2.28. The number of fused-ring (bicyclic) bond motifs is 1. The summed E-state index contributed by atoms with van der Waals surface area (Å²) >= 11 is 3.38. The van der Waals surface area contributed by atoms with Crippen molar-refractivity contribution in [3.05, 3.63) is 34.4 Å². The zero-order valence-corrected chi connectivity index (χ0v) is 13.3. The Morgan fingerprint density at radius 3 is 2.73 bits per heavy atom. The number of pyridine rings is 1. The van der Waals surface area contributed by atoms with Crippen LogP contribution >= 0.6 is 15.9 Å². The number of hydrogen-bond acceptors (Lipinski definition) is 3. The summed E-state index contributed by atoms with van der Waals surface area (Å²) in [5.41, 5.74) is 0.127. The molecule has 1 saturated heterocycles. The predicted octanol–water partition coefficient (Wildman–Crippen LogP) is 3.82. The van der Waals surface area contributed by atoms with E-state index in [-0.39, 0.29) is 0 Å². The molecule has 7 heteroatoms. The van der Waals surface area contributed by atoms with Crippen LogP contribution in [0.5, 0.6) is 0 Å². The lowest BCUT2D eigenvalue weighted by atomic mass is 10.1. The molecule has 22 heavy (non-hydrogen) atoms. The number of rotatable bonds is 1. The molecule has 1 aliphatic rings. The molecule has 1 aromatic carbocycles. The second-order valence-electron chi connectivity index (χ2n) is 5.28. The first-order valence-electron chi connectivity index (χ1n) is 7.08. The molecule has 1 fully saturated rings. The van der Waals surface area contributed by atoms with Crippen LogP contribution in [0, 0.1) is 0 Å². The highest BCUT2D eigenvalue weighted by Gasteiger charge is 2.34. The molecule has 3 rings (SSSR count). The number of nitrogens with zero attached hydrogens (tertiary/aromatic N) is 2. The van der Waals surface area contributed by atoms with Gasteiger partial charge in [-0.05, 0) is 37.2 Å². The van der Waals surface area contributed by atoms with Crippen LogP contribution in [0.2, 0.25) is 0 Å². The molecule has 118 valence electrons. The summed E-state index contributed by atoms with van der Waals surface area (Å²) in [7, 11) is 0. The predicted molar refractivity (Wildman–Crippen MR) is 84.1 cm³/mol. The molecule has 0 atom stereocenters. The Kier molecular flexibility index (Phi) is 4.27. The van der Waals surface area contributed by atoms with Crippen LogP contribution in [0.15, 0.2) is 28.7 Å². The van der Waals surface area contributed by atoms with Crippen molar-refractivity contribution in [2.75, 3.05) is 31.1 Å². The third-order valence-corrected chi connectivity index (χ3v) is 4.21. The van der Waals surface area contributed by atoms with Crippen molar-refractivity contribution in [3.63, 3.8) is 0 Å². The minimum absolute atomic E-state index is 0.366. The fourth-order valence-corrected chi connectivity index (χ4v) is 3.03. The highest BCUT2D eigenvalue weighted by Crippen LogP contribution is 2.35. The van der Waals surface area contributed by atoms with Gasteiger partial charge in [0.05, 0.1) is 5.52 Å². The maximum Gasteiger partial charge on any atom is 0.433 e. The van der Waals surface area contributed by atoms with Gasteiger partial charge in [0.15, 0.2) is 0 Å². The van der Waals surface area contributed by atoms with Crippen LogP contribution in [0.25, 0.3) is 10.9 Å². The van der Waals surface area contributed by atoms with Crippen LogP contribution in [0.4, 0.5) is 18.9 Å². The quantitative estimate of drug-likeness (QED) is 0.823. The molecule has 2 heterocycles. The molecular formula is C15H15BrF3N3. The standard InChI is InChI=1S/C15H15BrF3N3/c16-10-2-3-12-11(8-10)13(9-14(21-12)15(17,18)19)22-6-1-4-20-5-7-22/h2-3,8-9,20H,1,4-7H2. The van der Waals surface area contributed by atoms with E-state index in [4.69, 9.17) is 0 Å². The smallest absolute Gasteiger partial charge is 0.370 e. The second kappa shape index (κ2) is 6.04. The fraction of sp³-hybridized carbons (Fsp3) is 0.400. The van der Waals surface area contributed by atoms with Gasteiger partial charge in [-0.1, -0.05) is 15.9 Å². The minimum Gasteiger partial charge on any atom is -0.370 e. The van der Waals surface area contributed by atoms with Crippen LogP contribution in [-0.2, 0) is 6.18 Å². The van der Waals surface area contributed by atoms with E-state index in [9.17, 15) is 13.2 Å². The number of halogens is 4. The molecular weight excluding hydrogens is 359 g/mol. The average Bonchev–Trinajstić information content (AvgIpc) is 2.74. The second-order valence-corrected chi connectivity index (χ2v) is 6.19. The van der Waals surface area contributed by atoms with E-state index < -0.39 is 11.9 Å². The Morgan fingerprint density at radius 1 is 1.14 bits per heavy atom. The Hall–Kier alpha value is -1.34. The highest BCUT2D eigenvalue weighted by atomic mass is 79.9. The van der Waals surface area contributed by atoms with Crippen molar-refractivity contribution in [3.8, 4) is 0 Å². The van der Waals surface area contributed by atoms with E-state index in [1.807, 2.05) is 11.0 Å². The Balaban J connectivity index is 2.17. The molecule has 0 spiro atoms. The van der Waals surface area contributed by atoms with E-state index in [0.29, 0.717) is 17.7 Å². The molecule has 0 saturated carbocycles. The van der Waals surface area contributed by atoms with E-state index in [2.05, 4.69) is 26.2 Å². The number of anilines is 1. The summed E-state index contributed by atoms with van der Waals surface area (Å²) in [6, 6.07) is 6.33. The zero-order chi connectivity index (χ0) is 15.7. The number of nitrogens with one attached hydrogen (secondary N) is 1. The van der Waals surface area contributed by atoms with Crippen LogP contribution < -0.4 is 10.2 Å². The first kappa shape index (κ1) is 15.6. The maximum absolute atomic E-state index is 13.1. The Labute approximate surface area is 134 Å². The topological polar surface area (TPSA) is 28.2 Å². The van der Waals surface area contributed by atoms with Gasteiger partial charge in [-0.25, -0.2) is 4.98 Å². The molecule has 1 aliphatic heterocycles. The van der Waals surface area contributed by atoms with E-state index in [1.54, 1.807) is 12.1 Å². The molecule has 2 aromatic rings. The summed E-state index contributed by atoms with van der Waals surface area (Å²) in [5, 5.41) is 4.00. The van der Waals surface area contributed by atoms with Gasteiger partial charge in [0.1, 0.15) is 5.69 Å². The Morgan fingerprint density at radius 2 is 1.95 bits per heavy atom. The third-order valence-electron chi connectivity index (χ3n) is 3.72. The highest BCUT2D eigenvalue weighted by molar-refractivity contribution is 9.10. The molecule has 1 aromatic heterocycles. The van der Waals surface area contributed by atoms with Crippen LogP contribution in [-0.4, -0.2) is 31.2 Å². The molecule has 0 radical (unpaired) electrons. The van der Waals surface area contributed by atoms with Gasteiger partial charge >= 0.3 is 6.18 Å². The zero-order valence-electron chi connectivity index (χ0n) is 11.8. The summed E-state index contributed by atoms with van der Waals surface area (Å²) < 4.78 is 40.2. The molecule has 0 bridgehead atoms. The average molecular weight is 374 g/mol. The van der Waals surface area contributed by atoms with E-state index in [1.165, 1.54) is 6.07 Å². The number of hydrogen-bond donors (Lipinski definition) is 1. The lowest BCUT2D eigenvalue weighted by molar-refractivity contribution is -0.140. The molecule has 0 unspecified atom stereocenters. The largest absolute Gasteiger partial charge is 0.433 e. The van der Waals surface area contributed by atoms with Gasteiger partial charge in [0.2, 0.25) is 0 Å². The molecule has 1 N–H and O–H groups in total. The van der Waals surface area contributed by atoms with E-state index >= 15 is 0 Å². The summed E-state index contributed by atoms with van der Waals surface area (Å²) in [4.78, 5) is 5.78. The molecule has 3 nitrogen and oxygen atoms in total. The lowest BCUT2D eigenvalue weighted by Gasteiger charge is -2.25. The van der Waals surface area contributed by atoms with Gasteiger partial charge in [-0.2, -0.15) is 13.2 Å². The fourth-order valence-electron chi connectivity index (χ4n) is 2.67. The Bertz CT molecular complexity index is 680. The molecule has 0 amide bonds. The third kappa shape index (κ3) is 3.20. The molecule has 0 aliphatic carbocycles. The normalized spacial score (nSPS) is 16.8. The summed E-state index contributed by atoms with van der Waals surface area (Å²) in [6.45, 7) is 3.06. The summed E-state index contributed by atoms with van der Waals surface area (Å²) in [6.07, 6.45) is -3.54. The van der Waals surface area contributed by atoms with Crippen LogP contribution in [0.3, 0.4) is 0 Å². The van der Waals surface area contributed by atoms with Crippen molar-refractivity contribution in [2.45, 2.75) is 12.6 Å². The van der Waals surface area contributed by atoms with Crippen molar-refractivity contribution in [1.82, 2.24) is 10.3 Å². The number of benzene rings is 1. The number of alkyl halides is 3. The van der Waals surface area contributed by atoms with E-state index in [0.717, 1.165) is 35.9 Å². The van der Waals surface area contributed by atoms with Gasteiger partial charge < -0.3 is 10.2 Å². The van der Waals surface area contributed by atoms with Crippen molar-refractivity contribution in [1.29, 1.82) is 0 Å². The van der Waals surface area contributed by atoms with Crippen molar-refractivity contribution in [2.24, 2.45) is 0 Å². The first-order valence-corrected chi connectivity index (χ1v) is 7.87. The van der Waals surface area contributed by atoms with Gasteiger partial charge in [-0.3, -0.25) is 0 Å². The SMILES string of the molecule is FC(F)(F)c1cc(N2CCCNCC2)c2cc(Br)ccc2n1.